The number of aromatic nitrogens is 2. The lowest BCUT2D eigenvalue weighted by molar-refractivity contribution is 0.0843. The van der Waals surface area contributed by atoms with Crippen LogP contribution in [0.25, 0.3) is 27.7 Å². The summed E-state index contributed by atoms with van der Waals surface area (Å²) in [6, 6.07) is 15.2. The molecule has 2 aliphatic heterocycles. The average Bonchev–Trinajstić information content (AvgIpc) is 3.45. The maximum absolute atomic E-state index is 13.8. The Morgan fingerprint density at radius 2 is 1.88 bits per heavy atom. The SMILES string of the molecule is COc1ccc(-c2c(C3CCOCC3)n(-c3ccc(F)cc3)c3cc4c(cc23)CN=C4)cn1. The number of rotatable bonds is 4. The van der Waals surface area contributed by atoms with Crippen molar-refractivity contribution in [2.45, 2.75) is 25.3 Å². The lowest BCUT2D eigenvalue weighted by atomic mass is 9.90. The van der Waals surface area contributed by atoms with Gasteiger partial charge in [-0.25, -0.2) is 9.37 Å². The van der Waals surface area contributed by atoms with Crippen molar-refractivity contribution in [3.05, 3.63) is 77.4 Å². The molecule has 0 radical (unpaired) electrons. The molecule has 2 aliphatic rings. The largest absolute Gasteiger partial charge is 0.481 e. The minimum atomic E-state index is -0.240. The van der Waals surface area contributed by atoms with Gasteiger partial charge in [-0.05, 0) is 66.4 Å². The standard InChI is InChI=1S/C27H24FN3O2/c1-32-25-7-2-18(16-30-25)26-23-12-19-14-29-15-20(19)13-24(23)31(22-5-3-21(28)4-6-22)27(26)17-8-10-33-11-9-17/h2-7,12-13,15-17H,8-11,14H2,1H3. The molecule has 33 heavy (non-hydrogen) atoms. The predicted octanol–water partition coefficient (Wildman–Crippen LogP) is 5.67. The first-order valence-corrected chi connectivity index (χ1v) is 11.3. The fourth-order valence-corrected chi connectivity index (χ4v) is 5.09. The van der Waals surface area contributed by atoms with Crippen molar-refractivity contribution >= 4 is 17.1 Å². The maximum atomic E-state index is 13.8. The van der Waals surface area contributed by atoms with Crippen molar-refractivity contribution in [1.29, 1.82) is 0 Å². The molecule has 5 nitrogen and oxygen atoms in total. The Labute approximate surface area is 191 Å². The van der Waals surface area contributed by atoms with E-state index in [4.69, 9.17) is 9.47 Å². The van der Waals surface area contributed by atoms with Crippen molar-refractivity contribution < 1.29 is 13.9 Å². The Balaban J connectivity index is 1.69. The lowest BCUT2D eigenvalue weighted by Gasteiger charge is -2.25. The average molecular weight is 442 g/mol. The van der Waals surface area contributed by atoms with E-state index in [0.717, 1.165) is 53.8 Å². The number of pyridine rings is 1. The molecule has 6 heteroatoms. The lowest BCUT2D eigenvalue weighted by Crippen LogP contribution is -2.17. The molecule has 1 fully saturated rings. The third-order valence-electron chi connectivity index (χ3n) is 6.68. The van der Waals surface area contributed by atoms with E-state index in [2.05, 4.69) is 32.7 Å². The third kappa shape index (κ3) is 3.42. The molecule has 166 valence electrons. The fraction of sp³-hybridized carbons (Fsp3) is 0.259. The number of benzene rings is 2. The molecule has 2 aromatic heterocycles. The zero-order valence-corrected chi connectivity index (χ0v) is 18.4. The first kappa shape index (κ1) is 20.1. The molecule has 0 bridgehead atoms. The molecule has 2 aromatic carbocycles. The molecule has 0 amide bonds. The molecule has 6 rings (SSSR count). The Morgan fingerprint density at radius 1 is 1.06 bits per heavy atom. The zero-order valence-electron chi connectivity index (χ0n) is 18.4. The summed E-state index contributed by atoms with van der Waals surface area (Å²) in [5, 5.41) is 1.16. The first-order valence-electron chi connectivity index (χ1n) is 11.3. The molecule has 1 saturated heterocycles. The van der Waals surface area contributed by atoms with Gasteiger partial charge in [-0.2, -0.15) is 0 Å². The highest BCUT2D eigenvalue weighted by molar-refractivity contribution is 6.03. The molecule has 0 atom stereocenters. The van der Waals surface area contributed by atoms with Crippen LogP contribution in [0, 0.1) is 5.82 Å². The Kier molecular flexibility index (Phi) is 4.95. The Bertz CT molecular complexity index is 1350. The number of methoxy groups -OCH3 is 1. The molecule has 0 unspecified atom stereocenters. The summed E-state index contributed by atoms with van der Waals surface area (Å²) in [6.07, 6.45) is 5.71. The number of halogens is 1. The van der Waals surface area contributed by atoms with E-state index in [-0.39, 0.29) is 5.82 Å². The van der Waals surface area contributed by atoms with Gasteiger partial charge >= 0.3 is 0 Å². The number of hydrogen-bond donors (Lipinski definition) is 0. The highest BCUT2D eigenvalue weighted by Crippen LogP contribution is 2.44. The van der Waals surface area contributed by atoms with Crippen molar-refractivity contribution in [2.75, 3.05) is 20.3 Å². The Hall–Kier alpha value is -3.51. The number of nitrogens with zero attached hydrogens (tertiary/aromatic N) is 3. The van der Waals surface area contributed by atoms with E-state index < -0.39 is 0 Å². The summed E-state index contributed by atoms with van der Waals surface area (Å²) >= 11 is 0. The van der Waals surface area contributed by atoms with E-state index in [1.54, 1.807) is 7.11 Å². The molecule has 0 N–H and O–H groups in total. The predicted molar refractivity (Wildman–Crippen MR) is 127 cm³/mol. The minimum absolute atomic E-state index is 0.240. The first-order chi connectivity index (χ1) is 16.2. The van der Waals surface area contributed by atoms with E-state index in [1.807, 2.05) is 30.6 Å². The van der Waals surface area contributed by atoms with Crippen LogP contribution in [0.2, 0.25) is 0 Å². The highest BCUT2D eigenvalue weighted by Gasteiger charge is 2.29. The second-order valence-electron chi connectivity index (χ2n) is 8.59. The summed E-state index contributed by atoms with van der Waals surface area (Å²) < 4.78 is 27.1. The molecule has 0 spiro atoms. The van der Waals surface area contributed by atoms with Crippen LogP contribution in [0.3, 0.4) is 0 Å². The zero-order chi connectivity index (χ0) is 22.4. The summed E-state index contributed by atoms with van der Waals surface area (Å²) in [5.41, 5.74) is 7.86. The van der Waals surface area contributed by atoms with Gasteiger partial charge < -0.3 is 14.0 Å². The second-order valence-corrected chi connectivity index (χ2v) is 8.59. The smallest absolute Gasteiger partial charge is 0.212 e. The number of ether oxygens (including phenoxy) is 2. The van der Waals surface area contributed by atoms with Crippen molar-refractivity contribution in [2.24, 2.45) is 4.99 Å². The van der Waals surface area contributed by atoms with Gasteiger partial charge in [0.1, 0.15) is 5.82 Å². The van der Waals surface area contributed by atoms with Crippen LogP contribution in [-0.2, 0) is 11.3 Å². The number of aliphatic imine (C=N–C) groups is 1. The summed E-state index contributed by atoms with van der Waals surface area (Å²) in [6.45, 7) is 2.16. The van der Waals surface area contributed by atoms with Gasteiger partial charge in [0.25, 0.3) is 0 Å². The molecule has 0 aliphatic carbocycles. The van der Waals surface area contributed by atoms with E-state index in [9.17, 15) is 4.39 Å². The quantitative estimate of drug-likeness (QED) is 0.410. The van der Waals surface area contributed by atoms with Crippen LogP contribution >= 0.6 is 0 Å². The highest BCUT2D eigenvalue weighted by atomic mass is 19.1. The normalized spacial score (nSPS) is 15.8. The van der Waals surface area contributed by atoms with Gasteiger partial charge in [0, 0.05) is 65.5 Å². The van der Waals surface area contributed by atoms with Gasteiger partial charge in [-0.3, -0.25) is 4.99 Å². The Morgan fingerprint density at radius 3 is 2.61 bits per heavy atom. The van der Waals surface area contributed by atoms with Crippen LogP contribution in [0.4, 0.5) is 4.39 Å². The van der Waals surface area contributed by atoms with E-state index in [1.165, 1.54) is 29.0 Å². The van der Waals surface area contributed by atoms with E-state index in [0.29, 0.717) is 18.3 Å². The maximum Gasteiger partial charge on any atom is 0.212 e. The third-order valence-corrected chi connectivity index (χ3v) is 6.68. The van der Waals surface area contributed by atoms with Gasteiger partial charge in [-0.15, -0.1) is 0 Å². The van der Waals surface area contributed by atoms with Gasteiger partial charge in [0.05, 0.1) is 19.2 Å². The molecule has 4 heterocycles. The van der Waals surface area contributed by atoms with Crippen molar-refractivity contribution in [3.63, 3.8) is 0 Å². The number of fused-ring (bicyclic) bond motifs is 2. The van der Waals surface area contributed by atoms with Gasteiger partial charge in [-0.1, -0.05) is 0 Å². The second kappa shape index (κ2) is 8.12. The van der Waals surface area contributed by atoms with Crippen molar-refractivity contribution in [3.8, 4) is 22.7 Å². The van der Waals surface area contributed by atoms with Crippen molar-refractivity contribution in [1.82, 2.24) is 9.55 Å². The van der Waals surface area contributed by atoms with Crippen LogP contribution in [0.15, 0.2) is 59.7 Å². The minimum Gasteiger partial charge on any atom is -0.481 e. The monoisotopic (exact) mass is 441 g/mol. The number of hydrogen-bond acceptors (Lipinski definition) is 4. The van der Waals surface area contributed by atoms with Crippen LogP contribution in [0.1, 0.15) is 35.6 Å². The van der Waals surface area contributed by atoms with Gasteiger partial charge in [0.15, 0.2) is 0 Å². The van der Waals surface area contributed by atoms with Crippen LogP contribution in [0.5, 0.6) is 5.88 Å². The summed E-state index contributed by atoms with van der Waals surface area (Å²) in [5.74, 6) is 0.662. The molecule has 4 aromatic rings. The van der Waals surface area contributed by atoms with Crippen LogP contribution in [-0.4, -0.2) is 36.1 Å². The van der Waals surface area contributed by atoms with Gasteiger partial charge in [0.2, 0.25) is 5.88 Å². The summed E-state index contributed by atoms with van der Waals surface area (Å²) in [4.78, 5) is 8.98. The van der Waals surface area contributed by atoms with Crippen LogP contribution < -0.4 is 4.74 Å². The molecular weight excluding hydrogens is 417 g/mol. The molecule has 0 saturated carbocycles. The molecular formula is C27H24FN3O2. The van der Waals surface area contributed by atoms with E-state index >= 15 is 0 Å². The summed E-state index contributed by atoms with van der Waals surface area (Å²) in [7, 11) is 1.62. The topological polar surface area (TPSA) is 48.6 Å². The fourth-order valence-electron chi connectivity index (χ4n) is 5.09.